The van der Waals surface area contributed by atoms with Crippen molar-refractivity contribution in [2.45, 2.75) is 26.8 Å². The van der Waals surface area contributed by atoms with Gasteiger partial charge in [-0.2, -0.15) is 4.99 Å². The monoisotopic (exact) mass is 447 g/mol. The Morgan fingerprint density at radius 3 is 2.67 bits per heavy atom. The number of ether oxygens (including phenoxy) is 1. The van der Waals surface area contributed by atoms with Gasteiger partial charge in [-0.3, -0.25) is 19.7 Å². The summed E-state index contributed by atoms with van der Waals surface area (Å²) >= 11 is 7.31. The number of fused-ring (bicyclic) bond motifs is 1. The molecule has 0 N–H and O–H groups in total. The summed E-state index contributed by atoms with van der Waals surface area (Å²) in [5.41, 5.74) is 1.50. The minimum absolute atomic E-state index is 0.0562. The number of non-ortho nitro benzene ring substituents is 1. The third-order valence-electron chi connectivity index (χ3n) is 4.34. The average molecular weight is 448 g/mol. The van der Waals surface area contributed by atoms with Crippen LogP contribution in [0.15, 0.2) is 41.4 Å². The first-order valence-electron chi connectivity index (χ1n) is 9.15. The first-order valence-corrected chi connectivity index (χ1v) is 10.3. The van der Waals surface area contributed by atoms with Crippen LogP contribution in [0.3, 0.4) is 0 Å². The molecule has 0 bridgehead atoms. The van der Waals surface area contributed by atoms with Gasteiger partial charge in [-0.25, -0.2) is 0 Å². The molecule has 0 atom stereocenters. The van der Waals surface area contributed by atoms with Gasteiger partial charge in [0, 0.05) is 12.1 Å². The summed E-state index contributed by atoms with van der Waals surface area (Å²) in [6.07, 6.45) is 0.834. The Morgan fingerprint density at radius 2 is 2.00 bits per heavy atom. The molecule has 1 amide bonds. The molecule has 0 radical (unpaired) electrons. The van der Waals surface area contributed by atoms with Crippen molar-refractivity contribution in [3.63, 3.8) is 0 Å². The van der Waals surface area contributed by atoms with Crippen molar-refractivity contribution in [1.29, 1.82) is 0 Å². The van der Waals surface area contributed by atoms with Crippen LogP contribution in [-0.2, 0) is 22.5 Å². The Labute approximate surface area is 180 Å². The second-order valence-corrected chi connectivity index (χ2v) is 7.69. The molecule has 0 unspecified atom stereocenters. The molecule has 156 valence electrons. The second kappa shape index (κ2) is 9.19. The molecule has 2 aromatic carbocycles. The van der Waals surface area contributed by atoms with E-state index in [4.69, 9.17) is 16.3 Å². The van der Waals surface area contributed by atoms with Gasteiger partial charge >= 0.3 is 5.97 Å². The molecule has 0 aliphatic rings. The summed E-state index contributed by atoms with van der Waals surface area (Å²) in [4.78, 5) is 39.7. The summed E-state index contributed by atoms with van der Waals surface area (Å²) < 4.78 is 7.49. The molecule has 1 heterocycles. The Bertz CT molecular complexity index is 1210. The van der Waals surface area contributed by atoms with Gasteiger partial charge < -0.3 is 9.30 Å². The van der Waals surface area contributed by atoms with Crippen LogP contribution in [-0.4, -0.2) is 28.0 Å². The van der Waals surface area contributed by atoms with Crippen LogP contribution >= 0.6 is 22.9 Å². The van der Waals surface area contributed by atoms with E-state index in [0.29, 0.717) is 0 Å². The van der Waals surface area contributed by atoms with Crippen molar-refractivity contribution >= 4 is 50.7 Å². The number of nitro benzene ring substituents is 1. The molecule has 0 spiro atoms. The number of thiazole rings is 1. The lowest BCUT2D eigenvalue weighted by atomic mass is 10.2. The van der Waals surface area contributed by atoms with Crippen LogP contribution in [0, 0.1) is 10.1 Å². The highest BCUT2D eigenvalue weighted by atomic mass is 35.5. The maximum atomic E-state index is 12.8. The number of amides is 1. The van der Waals surface area contributed by atoms with E-state index >= 15 is 0 Å². The van der Waals surface area contributed by atoms with Crippen molar-refractivity contribution in [2.24, 2.45) is 4.99 Å². The number of esters is 1. The molecule has 8 nitrogen and oxygen atoms in total. The van der Waals surface area contributed by atoms with E-state index < -0.39 is 16.8 Å². The normalized spacial score (nSPS) is 11.6. The lowest BCUT2D eigenvalue weighted by molar-refractivity contribution is -0.384. The van der Waals surface area contributed by atoms with Crippen LogP contribution in [0.5, 0.6) is 0 Å². The van der Waals surface area contributed by atoms with E-state index in [1.165, 1.54) is 23.5 Å². The predicted octanol–water partition coefficient (Wildman–Crippen LogP) is 4.13. The largest absolute Gasteiger partial charge is 0.465 e. The molecule has 0 saturated heterocycles. The standard InChI is InChI=1S/C20H18ClN3O5S/c1-3-12-5-8-16-17(9-12)30-20(23(16)11-18(25)29-4-2)22-19(26)14-10-13(24(27)28)6-7-15(14)21/h5-10H,3-4,11H2,1-2H3. The summed E-state index contributed by atoms with van der Waals surface area (Å²) in [5, 5.41) is 11.1. The van der Waals surface area contributed by atoms with Crippen LogP contribution in [0.4, 0.5) is 5.69 Å². The first kappa shape index (κ1) is 21.7. The topological polar surface area (TPSA) is 104 Å². The molecule has 10 heteroatoms. The van der Waals surface area contributed by atoms with Crippen molar-refractivity contribution in [3.05, 3.63) is 67.5 Å². The van der Waals surface area contributed by atoms with Gasteiger partial charge in [0.2, 0.25) is 0 Å². The van der Waals surface area contributed by atoms with Gasteiger partial charge in [0.1, 0.15) is 6.54 Å². The number of benzene rings is 2. The number of carbonyl (C=O) groups is 2. The van der Waals surface area contributed by atoms with Crippen molar-refractivity contribution < 1.29 is 19.2 Å². The van der Waals surface area contributed by atoms with Crippen LogP contribution in [0.25, 0.3) is 10.2 Å². The average Bonchev–Trinajstić information content (AvgIpc) is 3.04. The fraction of sp³-hybridized carbons (Fsp3) is 0.250. The highest BCUT2D eigenvalue weighted by molar-refractivity contribution is 7.16. The molecule has 30 heavy (non-hydrogen) atoms. The number of halogens is 1. The fourth-order valence-electron chi connectivity index (χ4n) is 2.85. The van der Waals surface area contributed by atoms with Gasteiger partial charge in [0.15, 0.2) is 4.80 Å². The lowest BCUT2D eigenvalue weighted by Gasteiger charge is -2.05. The number of hydrogen-bond acceptors (Lipinski definition) is 6. The maximum Gasteiger partial charge on any atom is 0.326 e. The van der Waals surface area contributed by atoms with E-state index in [0.717, 1.165) is 28.3 Å². The van der Waals surface area contributed by atoms with Crippen LogP contribution in [0.1, 0.15) is 29.8 Å². The second-order valence-electron chi connectivity index (χ2n) is 6.27. The van der Waals surface area contributed by atoms with Crippen LogP contribution in [0.2, 0.25) is 5.02 Å². The molecule has 0 aliphatic heterocycles. The fourth-order valence-corrected chi connectivity index (χ4v) is 4.14. The zero-order chi connectivity index (χ0) is 21.8. The highest BCUT2D eigenvalue weighted by Crippen LogP contribution is 2.24. The number of nitrogens with zero attached hydrogens (tertiary/aromatic N) is 3. The quantitative estimate of drug-likeness (QED) is 0.321. The van der Waals surface area contributed by atoms with Crippen molar-refractivity contribution in [2.75, 3.05) is 6.61 Å². The number of aromatic nitrogens is 1. The van der Waals surface area contributed by atoms with E-state index in [1.807, 2.05) is 25.1 Å². The SMILES string of the molecule is CCOC(=O)Cn1c(=NC(=O)c2cc([N+](=O)[O-])ccc2Cl)sc2cc(CC)ccc21. The number of nitro groups is 1. The summed E-state index contributed by atoms with van der Waals surface area (Å²) in [6, 6.07) is 9.38. The number of rotatable bonds is 6. The van der Waals surface area contributed by atoms with Crippen LogP contribution < -0.4 is 4.80 Å². The zero-order valence-corrected chi connectivity index (χ0v) is 17.8. The molecule has 0 saturated carbocycles. The van der Waals surface area contributed by atoms with E-state index in [-0.39, 0.29) is 34.2 Å². The smallest absolute Gasteiger partial charge is 0.326 e. The van der Waals surface area contributed by atoms with E-state index in [9.17, 15) is 19.7 Å². The first-order chi connectivity index (χ1) is 14.3. The number of aryl methyl sites for hydroxylation is 1. The molecule has 1 aromatic heterocycles. The van der Waals surface area contributed by atoms with E-state index in [1.54, 1.807) is 11.5 Å². The third kappa shape index (κ3) is 4.58. The van der Waals surface area contributed by atoms with Gasteiger partial charge in [-0.1, -0.05) is 35.9 Å². The van der Waals surface area contributed by atoms with Gasteiger partial charge in [0.25, 0.3) is 11.6 Å². The molecule has 3 rings (SSSR count). The Balaban J connectivity index is 2.14. The van der Waals surface area contributed by atoms with Crippen molar-refractivity contribution in [3.8, 4) is 0 Å². The molecular formula is C20H18ClN3O5S. The predicted molar refractivity (Wildman–Crippen MR) is 114 cm³/mol. The molecule has 0 aliphatic carbocycles. The highest BCUT2D eigenvalue weighted by Gasteiger charge is 2.17. The third-order valence-corrected chi connectivity index (χ3v) is 5.71. The summed E-state index contributed by atoms with van der Waals surface area (Å²) in [7, 11) is 0. The number of hydrogen-bond donors (Lipinski definition) is 0. The van der Waals surface area contributed by atoms with Crippen molar-refractivity contribution in [1.82, 2.24) is 4.57 Å². The minimum Gasteiger partial charge on any atom is -0.465 e. The minimum atomic E-state index is -0.733. The maximum absolute atomic E-state index is 12.8. The number of carbonyl (C=O) groups excluding carboxylic acids is 2. The molecule has 0 fully saturated rings. The Morgan fingerprint density at radius 1 is 1.23 bits per heavy atom. The Kier molecular flexibility index (Phi) is 6.63. The molecular weight excluding hydrogens is 430 g/mol. The van der Waals surface area contributed by atoms with Gasteiger partial charge in [-0.15, -0.1) is 0 Å². The zero-order valence-electron chi connectivity index (χ0n) is 16.3. The van der Waals surface area contributed by atoms with Gasteiger partial charge in [-0.05, 0) is 37.1 Å². The molecule has 3 aromatic rings. The van der Waals surface area contributed by atoms with Gasteiger partial charge in [0.05, 0.1) is 32.3 Å². The summed E-state index contributed by atoms with van der Waals surface area (Å²) in [5.74, 6) is -1.19. The Hall–Kier alpha value is -3.04. The van der Waals surface area contributed by atoms with E-state index in [2.05, 4.69) is 4.99 Å². The lowest BCUT2D eigenvalue weighted by Crippen LogP contribution is -2.23. The summed E-state index contributed by atoms with van der Waals surface area (Å²) in [6.45, 7) is 3.85.